The normalized spacial score (nSPS) is 18.8. The van der Waals surface area contributed by atoms with Gasteiger partial charge >= 0.3 is 0 Å². The molecule has 0 amide bonds. The Balaban J connectivity index is 2.07. The van der Waals surface area contributed by atoms with Crippen molar-refractivity contribution in [3.05, 3.63) is 33.3 Å². The molecule has 1 aliphatic rings. The Bertz CT molecular complexity index is 440. The van der Waals surface area contributed by atoms with E-state index in [0.717, 1.165) is 42.9 Å². The van der Waals surface area contributed by atoms with Crippen LogP contribution in [0.3, 0.4) is 0 Å². The maximum atomic E-state index is 8.80. The molecule has 0 saturated carbocycles. The largest absolute Gasteiger partial charge is 0.396 e. The molecule has 5 heteroatoms. The molecule has 1 aliphatic heterocycles. The van der Waals surface area contributed by atoms with E-state index in [1.54, 1.807) is 6.07 Å². The third-order valence-electron chi connectivity index (χ3n) is 3.68. The van der Waals surface area contributed by atoms with Crippen LogP contribution < -0.4 is 5.73 Å². The van der Waals surface area contributed by atoms with E-state index in [0.29, 0.717) is 11.6 Å². The van der Waals surface area contributed by atoms with Crippen LogP contribution in [0.15, 0.2) is 12.1 Å². The standard InChI is InChI=1S/C14H20Cl2N2O/c15-10-6-11-12(13(16)7-10)9-18(14(11)8-17)4-2-1-3-5-19/h6-7,14,19H,1-5,8-9,17H2. The summed E-state index contributed by atoms with van der Waals surface area (Å²) in [5.74, 6) is 0. The monoisotopic (exact) mass is 302 g/mol. The first kappa shape index (κ1) is 15.1. The van der Waals surface area contributed by atoms with Crippen molar-refractivity contribution in [3.8, 4) is 0 Å². The van der Waals surface area contributed by atoms with Gasteiger partial charge in [0.25, 0.3) is 0 Å². The first-order valence-electron chi connectivity index (χ1n) is 6.70. The zero-order chi connectivity index (χ0) is 13.8. The fraction of sp³-hybridized carbons (Fsp3) is 0.571. The number of halogens is 2. The molecule has 1 aromatic carbocycles. The van der Waals surface area contributed by atoms with E-state index in [2.05, 4.69) is 4.90 Å². The summed E-state index contributed by atoms with van der Waals surface area (Å²) in [4.78, 5) is 2.35. The van der Waals surface area contributed by atoms with Gasteiger partial charge in [-0.05, 0) is 49.1 Å². The van der Waals surface area contributed by atoms with Crippen LogP contribution in [0.25, 0.3) is 0 Å². The molecule has 19 heavy (non-hydrogen) atoms. The fourth-order valence-corrected chi connectivity index (χ4v) is 3.28. The van der Waals surface area contributed by atoms with Crippen molar-refractivity contribution in [3.63, 3.8) is 0 Å². The molecule has 106 valence electrons. The quantitative estimate of drug-likeness (QED) is 0.794. The van der Waals surface area contributed by atoms with Gasteiger partial charge in [-0.15, -0.1) is 0 Å². The van der Waals surface area contributed by atoms with Crippen LogP contribution in [0.1, 0.15) is 36.4 Å². The van der Waals surface area contributed by atoms with E-state index in [1.165, 1.54) is 5.56 Å². The Labute approximate surface area is 124 Å². The molecule has 0 aliphatic carbocycles. The number of fused-ring (bicyclic) bond motifs is 1. The van der Waals surface area contributed by atoms with Gasteiger partial charge in [0.05, 0.1) is 0 Å². The highest BCUT2D eigenvalue weighted by molar-refractivity contribution is 6.35. The second kappa shape index (κ2) is 6.91. The number of benzene rings is 1. The van der Waals surface area contributed by atoms with Crippen LogP contribution in [0, 0.1) is 0 Å². The van der Waals surface area contributed by atoms with E-state index in [-0.39, 0.29) is 12.6 Å². The zero-order valence-corrected chi connectivity index (χ0v) is 12.4. The minimum Gasteiger partial charge on any atom is -0.396 e. The molecular formula is C14H20Cl2N2O. The lowest BCUT2D eigenvalue weighted by molar-refractivity contribution is 0.210. The van der Waals surface area contributed by atoms with Gasteiger partial charge in [0, 0.05) is 35.8 Å². The molecule has 2 rings (SSSR count). The van der Waals surface area contributed by atoms with E-state index < -0.39 is 0 Å². The van der Waals surface area contributed by atoms with Gasteiger partial charge in [0.15, 0.2) is 0 Å². The maximum Gasteiger partial charge on any atom is 0.0478 e. The SMILES string of the molecule is NCC1c2cc(Cl)cc(Cl)c2CN1CCCCCO. The van der Waals surface area contributed by atoms with E-state index in [9.17, 15) is 0 Å². The lowest BCUT2D eigenvalue weighted by atomic mass is 10.0. The molecule has 1 heterocycles. The zero-order valence-electron chi connectivity index (χ0n) is 10.9. The Morgan fingerprint density at radius 3 is 2.74 bits per heavy atom. The third kappa shape index (κ3) is 3.41. The van der Waals surface area contributed by atoms with Crippen LogP contribution in [0.4, 0.5) is 0 Å². The average Bonchev–Trinajstić information content (AvgIpc) is 2.72. The number of nitrogens with zero attached hydrogens (tertiary/aromatic N) is 1. The van der Waals surface area contributed by atoms with Crippen LogP contribution in [0.5, 0.6) is 0 Å². The molecule has 3 N–H and O–H groups in total. The summed E-state index contributed by atoms with van der Waals surface area (Å²) < 4.78 is 0. The molecule has 0 fully saturated rings. The van der Waals surface area contributed by atoms with Crippen LogP contribution in [-0.2, 0) is 6.54 Å². The van der Waals surface area contributed by atoms with Crippen molar-refractivity contribution in [2.45, 2.75) is 31.8 Å². The fourth-order valence-electron chi connectivity index (χ4n) is 2.71. The summed E-state index contributed by atoms with van der Waals surface area (Å²) in [7, 11) is 0. The van der Waals surface area contributed by atoms with Crippen LogP contribution >= 0.6 is 23.2 Å². The topological polar surface area (TPSA) is 49.5 Å². The molecule has 1 aromatic rings. The van der Waals surface area contributed by atoms with Crippen molar-refractivity contribution < 1.29 is 5.11 Å². The number of aliphatic hydroxyl groups is 1. The molecule has 0 spiro atoms. The minimum atomic E-state index is 0.209. The number of unbranched alkanes of at least 4 members (excludes halogenated alkanes) is 2. The number of nitrogens with two attached hydrogens (primary N) is 1. The van der Waals surface area contributed by atoms with E-state index in [1.807, 2.05) is 6.07 Å². The summed E-state index contributed by atoms with van der Waals surface area (Å²) in [6.45, 7) is 2.66. The summed E-state index contributed by atoms with van der Waals surface area (Å²) in [5.41, 5.74) is 8.23. The van der Waals surface area contributed by atoms with Crippen molar-refractivity contribution >= 4 is 23.2 Å². The number of hydrogen-bond acceptors (Lipinski definition) is 3. The molecule has 3 nitrogen and oxygen atoms in total. The van der Waals surface area contributed by atoms with Crippen LogP contribution in [0.2, 0.25) is 10.0 Å². The van der Waals surface area contributed by atoms with Crippen LogP contribution in [-0.4, -0.2) is 29.7 Å². The van der Waals surface area contributed by atoms with Gasteiger partial charge in [-0.25, -0.2) is 0 Å². The molecule has 0 bridgehead atoms. The van der Waals surface area contributed by atoms with Gasteiger partial charge in [0.2, 0.25) is 0 Å². The minimum absolute atomic E-state index is 0.209. The number of rotatable bonds is 6. The van der Waals surface area contributed by atoms with E-state index >= 15 is 0 Å². The molecular weight excluding hydrogens is 283 g/mol. The predicted octanol–water partition coefficient (Wildman–Crippen LogP) is 2.97. The second-order valence-electron chi connectivity index (χ2n) is 4.96. The summed E-state index contributed by atoms with van der Waals surface area (Å²) >= 11 is 12.3. The highest BCUT2D eigenvalue weighted by atomic mass is 35.5. The Morgan fingerprint density at radius 1 is 1.26 bits per heavy atom. The Kier molecular flexibility index (Phi) is 5.48. The Morgan fingerprint density at radius 2 is 2.05 bits per heavy atom. The first-order chi connectivity index (χ1) is 9.17. The average molecular weight is 303 g/mol. The van der Waals surface area contributed by atoms with Crippen molar-refractivity contribution in [2.75, 3.05) is 19.7 Å². The highest BCUT2D eigenvalue weighted by Crippen LogP contribution is 2.39. The van der Waals surface area contributed by atoms with Crippen molar-refractivity contribution in [1.29, 1.82) is 0 Å². The highest BCUT2D eigenvalue weighted by Gasteiger charge is 2.30. The molecule has 1 atom stereocenters. The molecule has 1 unspecified atom stereocenters. The summed E-state index contributed by atoms with van der Waals surface area (Å²) in [5, 5.41) is 10.2. The number of hydrogen-bond donors (Lipinski definition) is 2. The van der Waals surface area contributed by atoms with Gasteiger partial charge < -0.3 is 10.8 Å². The third-order valence-corrected chi connectivity index (χ3v) is 4.24. The molecule has 0 radical (unpaired) electrons. The smallest absolute Gasteiger partial charge is 0.0478 e. The number of aliphatic hydroxyl groups excluding tert-OH is 1. The Hall–Kier alpha value is -0.320. The van der Waals surface area contributed by atoms with Gasteiger partial charge in [0.1, 0.15) is 0 Å². The van der Waals surface area contributed by atoms with Gasteiger partial charge in [-0.1, -0.05) is 23.2 Å². The lowest BCUT2D eigenvalue weighted by Gasteiger charge is -2.23. The summed E-state index contributed by atoms with van der Waals surface area (Å²) in [6, 6.07) is 3.99. The maximum absolute atomic E-state index is 8.80. The molecule has 0 aromatic heterocycles. The second-order valence-corrected chi connectivity index (χ2v) is 5.81. The lowest BCUT2D eigenvalue weighted by Crippen LogP contribution is -2.28. The molecule has 0 saturated heterocycles. The van der Waals surface area contributed by atoms with Gasteiger partial charge in [-0.2, -0.15) is 0 Å². The first-order valence-corrected chi connectivity index (χ1v) is 7.45. The van der Waals surface area contributed by atoms with Gasteiger partial charge in [-0.3, -0.25) is 4.90 Å². The summed E-state index contributed by atoms with van der Waals surface area (Å²) in [6.07, 6.45) is 2.96. The predicted molar refractivity (Wildman–Crippen MR) is 79.6 cm³/mol. The van der Waals surface area contributed by atoms with Crippen molar-refractivity contribution in [1.82, 2.24) is 4.90 Å². The van der Waals surface area contributed by atoms with E-state index in [4.69, 9.17) is 34.0 Å². The van der Waals surface area contributed by atoms with Crippen molar-refractivity contribution in [2.24, 2.45) is 5.73 Å².